The maximum Gasteiger partial charge on any atom is 0.263 e. The summed E-state index contributed by atoms with van der Waals surface area (Å²) in [7, 11) is 1.66. The average Bonchev–Trinajstić information content (AvgIpc) is 2.99. The maximum absolute atomic E-state index is 12.6. The van der Waals surface area contributed by atoms with Crippen LogP contribution in [0.15, 0.2) is 6.07 Å². The number of nitrogens with zero attached hydrogens (tertiary/aromatic N) is 1. The number of ether oxygens (including phenoxy) is 1. The van der Waals surface area contributed by atoms with Crippen LogP contribution in [0, 0.1) is 12.8 Å². The maximum atomic E-state index is 12.6. The number of thiophene rings is 1. The van der Waals surface area contributed by atoms with E-state index in [1.54, 1.807) is 18.4 Å². The lowest BCUT2D eigenvalue weighted by Gasteiger charge is -2.31. The van der Waals surface area contributed by atoms with Gasteiger partial charge in [0.1, 0.15) is 0 Å². The van der Waals surface area contributed by atoms with Gasteiger partial charge in [-0.25, -0.2) is 0 Å². The molecule has 24 heavy (non-hydrogen) atoms. The van der Waals surface area contributed by atoms with Gasteiger partial charge in [0.25, 0.3) is 5.91 Å². The molecule has 6 heteroatoms. The van der Waals surface area contributed by atoms with Crippen LogP contribution in [0.5, 0.6) is 0 Å². The SMILES string of the molecule is CCc1cc(C(=O)N2CCC(C(=O)NCCCOC)CC2)sc1C. The smallest absolute Gasteiger partial charge is 0.263 e. The highest BCUT2D eigenvalue weighted by atomic mass is 32.1. The number of hydrogen-bond acceptors (Lipinski definition) is 4. The van der Waals surface area contributed by atoms with E-state index in [0.29, 0.717) is 26.2 Å². The molecule has 0 radical (unpaired) electrons. The summed E-state index contributed by atoms with van der Waals surface area (Å²) in [5.74, 6) is 0.244. The van der Waals surface area contributed by atoms with Crippen LogP contribution in [0.1, 0.15) is 46.3 Å². The fourth-order valence-electron chi connectivity index (χ4n) is 3.05. The van der Waals surface area contributed by atoms with Crippen molar-refractivity contribution in [2.24, 2.45) is 5.92 Å². The zero-order valence-corrected chi connectivity index (χ0v) is 15.7. The first kappa shape index (κ1) is 18.9. The van der Waals surface area contributed by atoms with Crippen molar-refractivity contribution in [2.45, 2.75) is 39.5 Å². The molecule has 1 aromatic heterocycles. The second kappa shape index (κ2) is 9.18. The number of amides is 2. The summed E-state index contributed by atoms with van der Waals surface area (Å²) in [5, 5.41) is 2.96. The molecule has 0 saturated carbocycles. The van der Waals surface area contributed by atoms with Gasteiger partial charge in [-0.1, -0.05) is 6.92 Å². The standard InChI is InChI=1S/C18H28N2O3S/c1-4-14-12-16(24-13(14)2)18(22)20-9-6-15(7-10-20)17(21)19-8-5-11-23-3/h12,15H,4-11H2,1-3H3,(H,19,21). The van der Waals surface area contributed by atoms with Crippen molar-refractivity contribution in [1.82, 2.24) is 10.2 Å². The van der Waals surface area contributed by atoms with E-state index in [4.69, 9.17) is 4.74 Å². The molecule has 2 amide bonds. The van der Waals surface area contributed by atoms with Crippen LogP contribution >= 0.6 is 11.3 Å². The Bertz CT molecular complexity index is 563. The summed E-state index contributed by atoms with van der Waals surface area (Å²) < 4.78 is 4.98. The van der Waals surface area contributed by atoms with E-state index in [0.717, 1.165) is 30.6 Å². The van der Waals surface area contributed by atoms with Crippen molar-refractivity contribution in [1.29, 1.82) is 0 Å². The second-order valence-electron chi connectivity index (χ2n) is 6.25. The molecule has 2 heterocycles. The van der Waals surface area contributed by atoms with E-state index in [1.165, 1.54) is 10.4 Å². The molecule has 1 fully saturated rings. The van der Waals surface area contributed by atoms with E-state index in [9.17, 15) is 9.59 Å². The number of carbonyl (C=O) groups is 2. The first-order chi connectivity index (χ1) is 11.6. The minimum absolute atomic E-state index is 0.0212. The quantitative estimate of drug-likeness (QED) is 0.768. The number of hydrogen-bond donors (Lipinski definition) is 1. The molecule has 0 bridgehead atoms. The molecular formula is C18H28N2O3S. The van der Waals surface area contributed by atoms with Crippen molar-refractivity contribution >= 4 is 23.2 Å². The zero-order valence-electron chi connectivity index (χ0n) is 14.9. The second-order valence-corrected chi connectivity index (χ2v) is 7.51. The highest BCUT2D eigenvalue weighted by Gasteiger charge is 2.28. The molecule has 1 aliphatic rings. The number of nitrogens with one attached hydrogen (secondary N) is 1. The lowest BCUT2D eigenvalue weighted by molar-refractivity contribution is -0.126. The van der Waals surface area contributed by atoms with Crippen molar-refractivity contribution in [3.63, 3.8) is 0 Å². The summed E-state index contributed by atoms with van der Waals surface area (Å²) in [5.41, 5.74) is 1.26. The fourth-order valence-corrected chi connectivity index (χ4v) is 4.13. The number of likely N-dealkylation sites (tertiary alicyclic amines) is 1. The fraction of sp³-hybridized carbons (Fsp3) is 0.667. The van der Waals surface area contributed by atoms with E-state index in [2.05, 4.69) is 19.2 Å². The predicted molar refractivity (Wildman–Crippen MR) is 96.6 cm³/mol. The summed E-state index contributed by atoms with van der Waals surface area (Å²) in [6.07, 6.45) is 3.28. The average molecular weight is 353 g/mol. The van der Waals surface area contributed by atoms with Gasteiger partial charge in [-0.15, -0.1) is 11.3 Å². The van der Waals surface area contributed by atoms with Gasteiger partial charge in [0.2, 0.25) is 5.91 Å². The predicted octanol–water partition coefficient (Wildman–Crippen LogP) is 2.62. The third-order valence-corrected chi connectivity index (χ3v) is 5.67. The summed E-state index contributed by atoms with van der Waals surface area (Å²) in [4.78, 5) is 28.7. The Morgan fingerprint density at radius 2 is 2.08 bits per heavy atom. The molecule has 1 N–H and O–H groups in total. The summed E-state index contributed by atoms with van der Waals surface area (Å²) in [6, 6.07) is 2.02. The number of methoxy groups -OCH3 is 1. The molecule has 0 aromatic carbocycles. The Labute approximate surface area is 148 Å². The van der Waals surface area contributed by atoms with Crippen LogP contribution in [0.3, 0.4) is 0 Å². The molecule has 1 aromatic rings. The monoisotopic (exact) mass is 352 g/mol. The van der Waals surface area contributed by atoms with Crippen LogP contribution in [0.2, 0.25) is 0 Å². The first-order valence-corrected chi connectivity index (χ1v) is 9.53. The highest BCUT2D eigenvalue weighted by Crippen LogP contribution is 2.25. The van der Waals surface area contributed by atoms with E-state index in [-0.39, 0.29) is 17.7 Å². The Kier molecular flexibility index (Phi) is 7.24. The lowest BCUT2D eigenvalue weighted by atomic mass is 9.95. The van der Waals surface area contributed by atoms with Gasteiger partial charge < -0.3 is 15.0 Å². The van der Waals surface area contributed by atoms with Gasteiger partial charge >= 0.3 is 0 Å². The molecule has 5 nitrogen and oxygen atoms in total. The number of aryl methyl sites for hydroxylation is 2. The molecule has 2 rings (SSSR count). The molecule has 0 spiro atoms. The minimum atomic E-state index is 0.0212. The highest BCUT2D eigenvalue weighted by molar-refractivity contribution is 7.14. The Hall–Kier alpha value is -1.40. The minimum Gasteiger partial charge on any atom is -0.385 e. The molecular weight excluding hydrogens is 324 g/mol. The van der Waals surface area contributed by atoms with Crippen LogP contribution in [-0.2, 0) is 16.0 Å². The topological polar surface area (TPSA) is 58.6 Å². The van der Waals surface area contributed by atoms with Gasteiger partial charge in [0, 0.05) is 44.1 Å². The van der Waals surface area contributed by atoms with Crippen molar-refractivity contribution in [3.8, 4) is 0 Å². The zero-order chi connectivity index (χ0) is 17.5. The van der Waals surface area contributed by atoms with Gasteiger partial charge in [0.15, 0.2) is 0 Å². The molecule has 0 unspecified atom stereocenters. The molecule has 0 aliphatic carbocycles. The van der Waals surface area contributed by atoms with Crippen LogP contribution < -0.4 is 5.32 Å². The van der Waals surface area contributed by atoms with Crippen molar-refractivity contribution in [3.05, 3.63) is 21.4 Å². The Balaban J connectivity index is 1.81. The van der Waals surface area contributed by atoms with Gasteiger partial charge in [-0.05, 0) is 44.2 Å². The largest absolute Gasteiger partial charge is 0.385 e. The Morgan fingerprint density at radius 3 is 2.67 bits per heavy atom. The van der Waals surface area contributed by atoms with Crippen molar-refractivity contribution in [2.75, 3.05) is 33.4 Å². The molecule has 134 valence electrons. The van der Waals surface area contributed by atoms with Gasteiger partial charge in [-0.2, -0.15) is 0 Å². The molecule has 0 atom stereocenters. The molecule has 1 saturated heterocycles. The van der Waals surface area contributed by atoms with E-state index in [1.807, 2.05) is 11.0 Å². The first-order valence-electron chi connectivity index (χ1n) is 8.72. The van der Waals surface area contributed by atoms with Crippen LogP contribution in [0.25, 0.3) is 0 Å². The van der Waals surface area contributed by atoms with Gasteiger partial charge in [0.05, 0.1) is 4.88 Å². The van der Waals surface area contributed by atoms with Gasteiger partial charge in [-0.3, -0.25) is 9.59 Å². The van der Waals surface area contributed by atoms with E-state index >= 15 is 0 Å². The van der Waals surface area contributed by atoms with Crippen molar-refractivity contribution < 1.29 is 14.3 Å². The lowest BCUT2D eigenvalue weighted by Crippen LogP contribution is -2.43. The summed E-state index contributed by atoms with van der Waals surface area (Å²) in [6.45, 7) is 6.81. The number of carbonyl (C=O) groups excluding carboxylic acids is 2. The van der Waals surface area contributed by atoms with Crippen LogP contribution in [0.4, 0.5) is 0 Å². The number of piperidine rings is 1. The number of rotatable bonds is 7. The van der Waals surface area contributed by atoms with Crippen LogP contribution in [-0.4, -0.2) is 50.1 Å². The third kappa shape index (κ3) is 4.80. The normalized spacial score (nSPS) is 15.5. The molecule has 1 aliphatic heterocycles. The third-order valence-electron chi connectivity index (χ3n) is 4.59. The summed E-state index contributed by atoms with van der Waals surface area (Å²) >= 11 is 1.58. The Morgan fingerprint density at radius 1 is 1.38 bits per heavy atom. The van der Waals surface area contributed by atoms with E-state index < -0.39 is 0 Å².